The molecule has 0 radical (unpaired) electrons. The van der Waals surface area contributed by atoms with Gasteiger partial charge in [0, 0.05) is 36.7 Å². The molecule has 0 aliphatic carbocycles. The molecule has 0 spiro atoms. The van der Waals surface area contributed by atoms with Gasteiger partial charge in [-0.1, -0.05) is 31.2 Å². The van der Waals surface area contributed by atoms with Crippen molar-refractivity contribution in [2.75, 3.05) is 25.4 Å². The average Bonchev–Trinajstić information content (AvgIpc) is 2.65. The Kier molecular flexibility index (Phi) is 9.11. The van der Waals surface area contributed by atoms with Gasteiger partial charge in [-0.3, -0.25) is 0 Å². The summed E-state index contributed by atoms with van der Waals surface area (Å²) < 4.78 is 27.4. The minimum atomic E-state index is -3.36. The number of thioether (sulfide) groups is 1. The Balaban J connectivity index is 2.16. The van der Waals surface area contributed by atoms with Gasteiger partial charge in [0.1, 0.15) is 0 Å². The summed E-state index contributed by atoms with van der Waals surface area (Å²) >= 11 is 2.03. The van der Waals surface area contributed by atoms with Crippen LogP contribution in [0, 0.1) is 0 Å². The van der Waals surface area contributed by atoms with Crippen LogP contribution in [0.15, 0.2) is 29.3 Å². The first-order valence-electron chi connectivity index (χ1n) is 10.1. The lowest BCUT2D eigenvalue weighted by Crippen LogP contribution is -2.48. The zero-order valence-corrected chi connectivity index (χ0v) is 19.1. The molecule has 1 atom stereocenters. The number of nitrogens with zero attached hydrogens (tertiary/aromatic N) is 2. The third-order valence-electron chi connectivity index (χ3n) is 4.51. The first kappa shape index (κ1) is 23.0. The summed E-state index contributed by atoms with van der Waals surface area (Å²) in [7, 11) is -3.36. The van der Waals surface area contributed by atoms with Crippen LogP contribution in [0.5, 0.6) is 0 Å². The molecule has 1 aromatic carbocycles. The predicted molar refractivity (Wildman–Crippen MR) is 120 cm³/mol. The highest BCUT2D eigenvalue weighted by atomic mass is 32.2. The predicted octanol–water partition coefficient (Wildman–Crippen LogP) is 2.81. The van der Waals surface area contributed by atoms with E-state index in [1.807, 2.05) is 49.9 Å². The summed E-state index contributed by atoms with van der Waals surface area (Å²) in [6, 6.07) is 7.55. The van der Waals surface area contributed by atoms with Crippen LogP contribution in [0.25, 0.3) is 0 Å². The van der Waals surface area contributed by atoms with E-state index in [0.717, 1.165) is 48.9 Å². The summed E-state index contributed by atoms with van der Waals surface area (Å²) in [6.45, 7) is 11.2. The van der Waals surface area contributed by atoms with Gasteiger partial charge in [-0.25, -0.2) is 18.1 Å². The summed E-state index contributed by atoms with van der Waals surface area (Å²) in [5.41, 5.74) is 1.75. The molecule has 1 unspecified atom stereocenters. The smallest absolute Gasteiger partial charge is 0.216 e. The lowest BCUT2D eigenvalue weighted by molar-refractivity contribution is 0.408. The highest BCUT2D eigenvalue weighted by Crippen LogP contribution is 2.21. The normalized spacial score (nSPS) is 18.5. The van der Waals surface area contributed by atoms with E-state index in [4.69, 9.17) is 4.99 Å². The number of rotatable bonds is 8. The van der Waals surface area contributed by atoms with Crippen molar-refractivity contribution in [3.8, 4) is 0 Å². The SMILES string of the molecule is CCNC(=NCc1ccccc1CS(=O)(=O)NC(C)C)N1CCSC(CC)C1. The van der Waals surface area contributed by atoms with E-state index >= 15 is 0 Å². The maximum Gasteiger partial charge on any atom is 0.216 e. The maximum absolute atomic E-state index is 12.3. The van der Waals surface area contributed by atoms with Gasteiger partial charge >= 0.3 is 0 Å². The second kappa shape index (κ2) is 11.1. The number of aliphatic imine (C=N–C) groups is 1. The molecule has 1 saturated heterocycles. The van der Waals surface area contributed by atoms with Crippen molar-refractivity contribution in [2.24, 2.45) is 4.99 Å². The lowest BCUT2D eigenvalue weighted by Gasteiger charge is -2.34. The zero-order chi connectivity index (χ0) is 20.6. The maximum atomic E-state index is 12.3. The minimum Gasteiger partial charge on any atom is -0.357 e. The zero-order valence-electron chi connectivity index (χ0n) is 17.4. The third kappa shape index (κ3) is 7.29. The molecule has 28 heavy (non-hydrogen) atoms. The molecule has 1 aromatic rings. The van der Waals surface area contributed by atoms with Crippen LogP contribution < -0.4 is 10.0 Å². The quantitative estimate of drug-likeness (QED) is 0.494. The number of nitrogens with one attached hydrogen (secondary N) is 2. The molecule has 8 heteroatoms. The lowest BCUT2D eigenvalue weighted by atomic mass is 10.1. The van der Waals surface area contributed by atoms with E-state index < -0.39 is 10.0 Å². The number of hydrogen-bond acceptors (Lipinski definition) is 4. The van der Waals surface area contributed by atoms with Crippen molar-refractivity contribution in [3.05, 3.63) is 35.4 Å². The summed E-state index contributed by atoms with van der Waals surface area (Å²) in [5, 5.41) is 4.03. The Morgan fingerprint density at radius 3 is 2.64 bits per heavy atom. The molecular weight excluding hydrogens is 392 g/mol. The van der Waals surface area contributed by atoms with Gasteiger partial charge in [0.2, 0.25) is 10.0 Å². The van der Waals surface area contributed by atoms with E-state index in [-0.39, 0.29) is 11.8 Å². The first-order chi connectivity index (χ1) is 13.3. The molecule has 0 bridgehead atoms. The summed E-state index contributed by atoms with van der Waals surface area (Å²) in [6.07, 6.45) is 1.16. The highest BCUT2D eigenvalue weighted by molar-refractivity contribution is 8.00. The van der Waals surface area contributed by atoms with E-state index in [0.29, 0.717) is 11.8 Å². The van der Waals surface area contributed by atoms with E-state index in [1.54, 1.807) is 0 Å². The van der Waals surface area contributed by atoms with Gasteiger partial charge in [-0.15, -0.1) is 0 Å². The molecule has 2 N–H and O–H groups in total. The minimum absolute atomic E-state index is 0.0221. The number of guanidine groups is 1. The Labute approximate surface area is 174 Å². The molecule has 1 aliphatic rings. The molecule has 2 rings (SSSR count). The summed E-state index contributed by atoms with van der Waals surface area (Å²) in [4.78, 5) is 7.16. The molecule has 1 fully saturated rings. The third-order valence-corrected chi connectivity index (χ3v) is 7.40. The fourth-order valence-corrected chi connectivity index (χ4v) is 5.88. The first-order valence-corrected chi connectivity index (χ1v) is 12.8. The molecule has 1 heterocycles. The van der Waals surface area contributed by atoms with Gasteiger partial charge < -0.3 is 10.2 Å². The molecule has 0 saturated carbocycles. The Morgan fingerprint density at radius 2 is 2.00 bits per heavy atom. The Morgan fingerprint density at radius 1 is 1.29 bits per heavy atom. The van der Waals surface area contributed by atoms with Crippen LogP contribution in [0.3, 0.4) is 0 Å². The summed E-state index contributed by atoms with van der Waals surface area (Å²) in [5.74, 6) is 2.00. The molecule has 6 nitrogen and oxygen atoms in total. The number of hydrogen-bond donors (Lipinski definition) is 2. The van der Waals surface area contributed by atoms with Crippen LogP contribution in [-0.2, 0) is 22.3 Å². The monoisotopic (exact) mass is 426 g/mol. The fraction of sp³-hybridized carbons (Fsp3) is 0.650. The standard InChI is InChI=1S/C20H34N4O2S2/c1-5-19-14-24(11-12-27-19)20(21-6-2)22-13-17-9-7-8-10-18(17)15-28(25,26)23-16(3)4/h7-10,16,19,23H,5-6,11-15H2,1-4H3,(H,21,22). The van der Waals surface area contributed by atoms with Gasteiger partial charge in [0.25, 0.3) is 0 Å². The van der Waals surface area contributed by atoms with Crippen LogP contribution in [0.2, 0.25) is 0 Å². The van der Waals surface area contributed by atoms with E-state index in [2.05, 4.69) is 28.8 Å². The van der Waals surface area contributed by atoms with Gasteiger partial charge in [-0.2, -0.15) is 11.8 Å². The van der Waals surface area contributed by atoms with Gasteiger partial charge in [0.05, 0.1) is 12.3 Å². The highest BCUT2D eigenvalue weighted by Gasteiger charge is 2.21. The van der Waals surface area contributed by atoms with Crippen molar-refractivity contribution < 1.29 is 8.42 Å². The average molecular weight is 427 g/mol. The van der Waals surface area contributed by atoms with Crippen LogP contribution >= 0.6 is 11.8 Å². The number of benzene rings is 1. The van der Waals surface area contributed by atoms with Crippen molar-refractivity contribution in [3.63, 3.8) is 0 Å². The second-order valence-electron chi connectivity index (χ2n) is 7.32. The molecule has 0 aromatic heterocycles. The van der Waals surface area contributed by atoms with Crippen molar-refractivity contribution in [1.82, 2.24) is 14.9 Å². The van der Waals surface area contributed by atoms with Crippen molar-refractivity contribution in [1.29, 1.82) is 0 Å². The molecule has 0 amide bonds. The van der Waals surface area contributed by atoms with Crippen LogP contribution in [0.4, 0.5) is 0 Å². The van der Waals surface area contributed by atoms with Crippen LogP contribution in [-0.4, -0.2) is 56.0 Å². The Hall–Kier alpha value is -1.25. The van der Waals surface area contributed by atoms with Gasteiger partial charge in [0.15, 0.2) is 5.96 Å². The molecule has 1 aliphatic heterocycles. The van der Waals surface area contributed by atoms with Crippen molar-refractivity contribution >= 4 is 27.7 Å². The molecular formula is C20H34N4O2S2. The largest absolute Gasteiger partial charge is 0.357 e. The Bertz CT molecular complexity index is 750. The van der Waals surface area contributed by atoms with Crippen molar-refractivity contribution in [2.45, 2.75) is 57.7 Å². The van der Waals surface area contributed by atoms with E-state index in [1.165, 1.54) is 0 Å². The fourth-order valence-electron chi connectivity index (χ4n) is 3.20. The van der Waals surface area contributed by atoms with E-state index in [9.17, 15) is 8.42 Å². The van der Waals surface area contributed by atoms with Crippen LogP contribution in [0.1, 0.15) is 45.2 Å². The topological polar surface area (TPSA) is 73.8 Å². The second-order valence-corrected chi connectivity index (χ2v) is 10.5. The number of sulfonamides is 1. The van der Waals surface area contributed by atoms with Gasteiger partial charge in [-0.05, 0) is 38.3 Å². The molecule has 158 valence electrons.